The van der Waals surface area contributed by atoms with Crippen molar-refractivity contribution in [2.45, 2.75) is 43.4 Å². The molecule has 0 heterocycles. The van der Waals surface area contributed by atoms with Crippen LogP contribution in [0.3, 0.4) is 0 Å². The van der Waals surface area contributed by atoms with Gasteiger partial charge in [0.25, 0.3) is 0 Å². The van der Waals surface area contributed by atoms with E-state index >= 15 is 0 Å². The van der Waals surface area contributed by atoms with E-state index in [-0.39, 0.29) is 11.2 Å². The van der Waals surface area contributed by atoms with Gasteiger partial charge in [-0.2, -0.15) is 0 Å². The van der Waals surface area contributed by atoms with Crippen LogP contribution in [0, 0.1) is 5.82 Å². The lowest BCUT2D eigenvalue weighted by Gasteiger charge is -2.48. The van der Waals surface area contributed by atoms with E-state index in [4.69, 9.17) is 0 Å². The lowest BCUT2D eigenvalue weighted by Crippen LogP contribution is -2.40. The van der Waals surface area contributed by atoms with E-state index in [9.17, 15) is 4.39 Å². The van der Waals surface area contributed by atoms with Gasteiger partial charge in [0.15, 0.2) is 0 Å². The molecular weight excluding hydrogens is 213 g/mol. The smallest absolute Gasteiger partial charge is 0.127 e. The van der Waals surface area contributed by atoms with Crippen LogP contribution in [0.25, 0.3) is 0 Å². The molecule has 92 valence electrons. The normalized spacial score (nSPS) is 25.4. The predicted molar refractivity (Wildman–Crippen MR) is 67.8 cm³/mol. The van der Waals surface area contributed by atoms with Gasteiger partial charge in [-0.15, -0.1) is 0 Å². The van der Waals surface area contributed by atoms with Gasteiger partial charge in [0.1, 0.15) is 5.82 Å². The summed E-state index contributed by atoms with van der Waals surface area (Å²) in [6.07, 6.45) is 6.02. The molecule has 1 unspecified atom stereocenters. The monoisotopic (exact) mass is 233 g/mol. The van der Waals surface area contributed by atoms with Gasteiger partial charge in [-0.25, -0.2) is 4.39 Å². The Kier molecular flexibility index (Phi) is 2.70. The zero-order valence-electron chi connectivity index (χ0n) is 10.4. The number of likely N-dealkylation sites (N-methyl/N-ethyl adjacent to an activating group) is 1. The second kappa shape index (κ2) is 4.09. The molecule has 0 saturated heterocycles. The average molecular weight is 233 g/mol. The molecule has 1 nitrogen and oxygen atoms in total. The molecule has 1 spiro atoms. The van der Waals surface area contributed by atoms with Crippen molar-refractivity contribution in [1.82, 2.24) is 5.32 Å². The molecule has 0 radical (unpaired) electrons. The van der Waals surface area contributed by atoms with Crippen molar-refractivity contribution in [2.75, 3.05) is 13.6 Å². The first-order valence-corrected chi connectivity index (χ1v) is 6.70. The van der Waals surface area contributed by atoms with E-state index in [1.807, 2.05) is 13.1 Å². The summed E-state index contributed by atoms with van der Waals surface area (Å²) in [4.78, 5) is 0. The van der Waals surface area contributed by atoms with E-state index < -0.39 is 0 Å². The molecular formula is C15H20FN. The average Bonchev–Trinajstić information content (AvgIpc) is 2.28. The Hall–Kier alpha value is -0.890. The van der Waals surface area contributed by atoms with E-state index in [2.05, 4.69) is 11.4 Å². The molecule has 1 aromatic carbocycles. The van der Waals surface area contributed by atoms with Gasteiger partial charge in [-0.3, -0.25) is 0 Å². The molecule has 0 aliphatic heterocycles. The van der Waals surface area contributed by atoms with Crippen LogP contribution in [0.4, 0.5) is 4.39 Å². The molecule has 0 amide bonds. The number of fused-ring (bicyclic) bond motifs is 2. The summed E-state index contributed by atoms with van der Waals surface area (Å²) in [6, 6.07) is 5.65. The van der Waals surface area contributed by atoms with Crippen molar-refractivity contribution in [3.8, 4) is 0 Å². The Morgan fingerprint density at radius 1 is 1.35 bits per heavy atom. The number of halogens is 1. The second-order valence-electron chi connectivity index (χ2n) is 5.63. The van der Waals surface area contributed by atoms with E-state index in [1.165, 1.54) is 37.7 Å². The summed E-state index contributed by atoms with van der Waals surface area (Å²) in [6.45, 7) is 0.965. The van der Waals surface area contributed by atoms with Crippen molar-refractivity contribution in [2.24, 2.45) is 0 Å². The second-order valence-corrected chi connectivity index (χ2v) is 5.63. The Morgan fingerprint density at radius 3 is 2.82 bits per heavy atom. The van der Waals surface area contributed by atoms with Gasteiger partial charge in [0.2, 0.25) is 0 Å². The lowest BCUT2D eigenvalue weighted by atomic mass is 9.56. The Labute approximate surface area is 102 Å². The predicted octanol–water partition coefficient (Wildman–Crippen LogP) is 3.34. The van der Waals surface area contributed by atoms with Gasteiger partial charge in [0.05, 0.1) is 0 Å². The van der Waals surface area contributed by atoms with Gasteiger partial charge in [-0.05, 0) is 61.3 Å². The standard InChI is InChI=1S/C15H20FN/c1-17-10-11-6-9-15(7-3-8-15)14-12(11)4-2-5-13(14)16/h2,4-5,11,17H,3,6-10H2,1H3. The minimum Gasteiger partial charge on any atom is -0.319 e. The third kappa shape index (κ3) is 1.61. The molecule has 2 heteroatoms. The number of benzene rings is 1. The molecule has 3 rings (SSSR count). The molecule has 17 heavy (non-hydrogen) atoms. The summed E-state index contributed by atoms with van der Waals surface area (Å²) < 4.78 is 14.2. The van der Waals surface area contributed by atoms with Crippen LogP contribution in [-0.2, 0) is 5.41 Å². The van der Waals surface area contributed by atoms with E-state index in [1.54, 1.807) is 6.07 Å². The van der Waals surface area contributed by atoms with Crippen molar-refractivity contribution in [3.05, 3.63) is 35.1 Å². The van der Waals surface area contributed by atoms with Crippen LogP contribution < -0.4 is 5.32 Å². The minimum atomic E-state index is 0.0306. The quantitative estimate of drug-likeness (QED) is 0.826. The highest BCUT2D eigenvalue weighted by molar-refractivity contribution is 5.42. The first-order valence-electron chi connectivity index (χ1n) is 6.70. The van der Waals surface area contributed by atoms with Crippen LogP contribution in [0.1, 0.15) is 49.1 Å². The van der Waals surface area contributed by atoms with Gasteiger partial charge in [0, 0.05) is 6.54 Å². The number of nitrogens with one attached hydrogen (secondary N) is 1. The Balaban J connectivity index is 2.07. The lowest BCUT2D eigenvalue weighted by molar-refractivity contribution is 0.191. The highest BCUT2D eigenvalue weighted by Crippen LogP contribution is 2.54. The number of rotatable bonds is 2. The van der Waals surface area contributed by atoms with E-state index in [0.717, 1.165) is 12.1 Å². The van der Waals surface area contributed by atoms with Crippen LogP contribution in [-0.4, -0.2) is 13.6 Å². The third-order valence-corrected chi connectivity index (χ3v) is 4.75. The zero-order valence-corrected chi connectivity index (χ0v) is 10.4. The minimum absolute atomic E-state index is 0.0306. The fraction of sp³-hybridized carbons (Fsp3) is 0.600. The number of hydrogen-bond donors (Lipinski definition) is 1. The molecule has 0 bridgehead atoms. The van der Waals surface area contributed by atoms with Crippen molar-refractivity contribution < 1.29 is 4.39 Å². The fourth-order valence-electron chi connectivity index (χ4n) is 3.73. The van der Waals surface area contributed by atoms with Crippen molar-refractivity contribution >= 4 is 0 Å². The summed E-state index contributed by atoms with van der Waals surface area (Å²) in [5.74, 6) is 0.528. The molecule has 1 atom stereocenters. The van der Waals surface area contributed by atoms with Gasteiger partial charge < -0.3 is 5.32 Å². The molecule has 0 aromatic heterocycles. The van der Waals surface area contributed by atoms with E-state index in [0.29, 0.717) is 5.92 Å². The Bertz CT molecular complexity index is 423. The highest BCUT2D eigenvalue weighted by atomic mass is 19.1. The number of hydrogen-bond acceptors (Lipinski definition) is 1. The maximum absolute atomic E-state index is 14.2. The van der Waals surface area contributed by atoms with Gasteiger partial charge >= 0.3 is 0 Å². The topological polar surface area (TPSA) is 12.0 Å². The van der Waals surface area contributed by atoms with Crippen LogP contribution in [0.2, 0.25) is 0 Å². The first-order chi connectivity index (χ1) is 8.27. The summed E-state index contributed by atoms with van der Waals surface area (Å²) in [5.41, 5.74) is 2.52. The van der Waals surface area contributed by atoms with Crippen LogP contribution in [0.15, 0.2) is 18.2 Å². The van der Waals surface area contributed by atoms with Gasteiger partial charge in [-0.1, -0.05) is 18.6 Å². The SMILES string of the molecule is CNCC1CCC2(CCC2)c2c(F)cccc21. The first kappa shape index (κ1) is 11.2. The molecule has 1 saturated carbocycles. The largest absolute Gasteiger partial charge is 0.319 e. The molecule has 2 aliphatic rings. The molecule has 1 fully saturated rings. The molecule has 1 N–H and O–H groups in total. The third-order valence-electron chi connectivity index (χ3n) is 4.75. The fourth-order valence-corrected chi connectivity index (χ4v) is 3.73. The van der Waals surface area contributed by atoms with Crippen molar-refractivity contribution in [3.63, 3.8) is 0 Å². The maximum Gasteiger partial charge on any atom is 0.127 e. The summed E-state index contributed by atoms with van der Waals surface area (Å²) >= 11 is 0. The van der Waals surface area contributed by atoms with Crippen LogP contribution in [0.5, 0.6) is 0 Å². The van der Waals surface area contributed by atoms with Crippen LogP contribution >= 0.6 is 0 Å². The summed E-state index contributed by atoms with van der Waals surface area (Å²) in [5, 5.41) is 3.24. The zero-order chi connectivity index (χ0) is 11.9. The molecule has 1 aromatic rings. The summed E-state index contributed by atoms with van der Waals surface area (Å²) in [7, 11) is 1.98. The Morgan fingerprint density at radius 2 is 2.18 bits per heavy atom. The maximum atomic E-state index is 14.2. The molecule has 2 aliphatic carbocycles. The highest BCUT2D eigenvalue weighted by Gasteiger charge is 2.45. The van der Waals surface area contributed by atoms with Crippen molar-refractivity contribution in [1.29, 1.82) is 0 Å².